The van der Waals surface area contributed by atoms with Gasteiger partial charge in [0.05, 0.1) is 18.4 Å². The number of hydrogen-bond acceptors (Lipinski definition) is 4. The van der Waals surface area contributed by atoms with Crippen LogP contribution < -0.4 is 15.4 Å². The van der Waals surface area contributed by atoms with Crippen LogP contribution in [0.15, 0.2) is 48.8 Å². The number of aromatic nitrogens is 1. The van der Waals surface area contributed by atoms with Gasteiger partial charge in [0.2, 0.25) is 5.91 Å². The number of pyridine rings is 1. The molecule has 0 radical (unpaired) electrons. The van der Waals surface area contributed by atoms with Crippen molar-refractivity contribution in [2.75, 3.05) is 12.0 Å². The fraction of sp³-hybridized carbons (Fsp3) is 0.125. The van der Waals surface area contributed by atoms with Crippen LogP contribution in [0, 0.1) is 0 Å². The first kappa shape index (κ1) is 13.2. The van der Waals surface area contributed by atoms with Gasteiger partial charge in [-0.3, -0.25) is 9.69 Å². The molecule has 0 bridgehead atoms. The normalized spacial score (nSPS) is 12.9. The molecule has 1 aromatic carbocycles. The summed E-state index contributed by atoms with van der Waals surface area (Å²) >= 11 is 0. The second kappa shape index (κ2) is 5.28. The lowest BCUT2D eigenvalue weighted by atomic mass is 10.0. The molecule has 1 aliphatic rings. The Morgan fingerprint density at radius 3 is 2.86 bits per heavy atom. The Kier molecular flexibility index (Phi) is 3.31. The predicted octanol–water partition coefficient (Wildman–Crippen LogP) is 2.40. The molecule has 0 aliphatic carbocycles. The zero-order valence-corrected chi connectivity index (χ0v) is 11.6. The first-order chi connectivity index (χ1) is 10.2. The minimum Gasteiger partial charge on any atom is -0.495 e. The van der Waals surface area contributed by atoms with E-state index in [0.717, 1.165) is 23.4 Å². The molecular formula is C16H15N3O2. The van der Waals surface area contributed by atoms with E-state index < -0.39 is 5.91 Å². The molecule has 2 N–H and O–H groups in total. The third-order valence-corrected chi connectivity index (χ3v) is 3.41. The molecule has 3 rings (SSSR count). The molecule has 0 saturated carbocycles. The van der Waals surface area contributed by atoms with E-state index in [4.69, 9.17) is 10.5 Å². The topological polar surface area (TPSA) is 68.5 Å². The lowest BCUT2D eigenvalue weighted by molar-refractivity contribution is 0.1000. The second-order valence-corrected chi connectivity index (χ2v) is 4.70. The smallest absolute Gasteiger partial charge is 0.250 e. The van der Waals surface area contributed by atoms with Crippen LogP contribution in [0.5, 0.6) is 5.75 Å². The van der Waals surface area contributed by atoms with Crippen molar-refractivity contribution in [1.82, 2.24) is 4.98 Å². The molecule has 0 fully saturated rings. The Morgan fingerprint density at radius 1 is 1.33 bits per heavy atom. The number of allylic oxidation sites excluding steroid dienone is 1. The molecule has 2 heterocycles. The summed E-state index contributed by atoms with van der Waals surface area (Å²) in [6.07, 6.45) is 6.35. The number of primary amides is 1. The molecule has 1 aliphatic heterocycles. The molecule has 5 heteroatoms. The molecule has 0 atom stereocenters. The third kappa shape index (κ3) is 2.33. The SMILES string of the molecule is COc1cccc2c1N(c1ccc(C(N)=O)cn1)C=CC2. The fourth-order valence-corrected chi connectivity index (χ4v) is 2.40. The summed E-state index contributed by atoms with van der Waals surface area (Å²) in [7, 11) is 1.65. The quantitative estimate of drug-likeness (QED) is 0.938. The Morgan fingerprint density at radius 2 is 2.19 bits per heavy atom. The molecule has 106 valence electrons. The first-order valence-electron chi connectivity index (χ1n) is 6.58. The highest BCUT2D eigenvalue weighted by Gasteiger charge is 2.20. The van der Waals surface area contributed by atoms with Crippen LogP contribution in [-0.2, 0) is 6.42 Å². The molecule has 21 heavy (non-hydrogen) atoms. The second-order valence-electron chi connectivity index (χ2n) is 4.70. The summed E-state index contributed by atoms with van der Waals surface area (Å²) in [5.74, 6) is 1.01. The van der Waals surface area contributed by atoms with Gasteiger partial charge in [0.25, 0.3) is 0 Å². The van der Waals surface area contributed by atoms with Crippen molar-refractivity contribution in [3.8, 4) is 5.75 Å². The van der Waals surface area contributed by atoms with Gasteiger partial charge in [-0.1, -0.05) is 18.2 Å². The van der Waals surface area contributed by atoms with Gasteiger partial charge >= 0.3 is 0 Å². The Bertz CT molecular complexity index is 708. The van der Waals surface area contributed by atoms with Crippen molar-refractivity contribution in [3.05, 3.63) is 59.9 Å². The molecule has 0 unspecified atom stereocenters. The highest BCUT2D eigenvalue weighted by Crippen LogP contribution is 2.39. The predicted molar refractivity (Wildman–Crippen MR) is 80.7 cm³/mol. The minimum absolute atomic E-state index is 0.389. The maximum Gasteiger partial charge on any atom is 0.250 e. The minimum atomic E-state index is -0.485. The van der Waals surface area contributed by atoms with Gasteiger partial charge in [-0.05, 0) is 30.2 Å². The standard InChI is InChI=1S/C16H15N3O2/c1-21-13-6-2-4-11-5-3-9-19(15(11)13)14-8-7-12(10-18-14)16(17)20/h2-4,6-10H,5H2,1H3,(H2,17,20). The lowest BCUT2D eigenvalue weighted by Gasteiger charge is -2.27. The number of methoxy groups -OCH3 is 1. The molecule has 2 aromatic rings. The van der Waals surface area contributed by atoms with E-state index in [1.165, 1.54) is 6.20 Å². The van der Waals surface area contributed by atoms with Crippen molar-refractivity contribution in [1.29, 1.82) is 0 Å². The van der Waals surface area contributed by atoms with E-state index in [1.807, 2.05) is 23.2 Å². The van der Waals surface area contributed by atoms with Gasteiger partial charge in [-0.15, -0.1) is 0 Å². The van der Waals surface area contributed by atoms with Crippen LogP contribution >= 0.6 is 0 Å². The molecule has 1 aromatic heterocycles. The van der Waals surface area contributed by atoms with Gasteiger partial charge in [0.15, 0.2) is 0 Å². The number of benzene rings is 1. The van der Waals surface area contributed by atoms with Crippen LogP contribution in [-0.4, -0.2) is 18.0 Å². The van der Waals surface area contributed by atoms with Crippen molar-refractivity contribution in [2.24, 2.45) is 5.73 Å². The Hall–Kier alpha value is -2.82. The van der Waals surface area contributed by atoms with Crippen molar-refractivity contribution < 1.29 is 9.53 Å². The van der Waals surface area contributed by atoms with Crippen LogP contribution in [0.1, 0.15) is 15.9 Å². The van der Waals surface area contributed by atoms with E-state index in [2.05, 4.69) is 17.1 Å². The Labute approximate surface area is 122 Å². The van der Waals surface area contributed by atoms with E-state index in [0.29, 0.717) is 11.4 Å². The summed E-state index contributed by atoms with van der Waals surface area (Å²) in [6, 6.07) is 9.39. The summed E-state index contributed by atoms with van der Waals surface area (Å²) in [4.78, 5) is 17.4. The van der Waals surface area contributed by atoms with Gasteiger partial charge in [-0.2, -0.15) is 0 Å². The number of fused-ring (bicyclic) bond motifs is 1. The number of carbonyl (C=O) groups excluding carboxylic acids is 1. The zero-order valence-electron chi connectivity index (χ0n) is 11.6. The van der Waals surface area contributed by atoms with E-state index in [-0.39, 0.29) is 0 Å². The number of nitrogens with zero attached hydrogens (tertiary/aromatic N) is 2. The van der Waals surface area contributed by atoms with Crippen molar-refractivity contribution >= 4 is 17.4 Å². The summed E-state index contributed by atoms with van der Waals surface area (Å²) in [5, 5.41) is 0. The van der Waals surface area contributed by atoms with Crippen LogP contribution in [0.4, 0.5) is 11.5 Å². The van der Waals surface area contributed by atoms with E-state index in [9.17, 15) is 4.79 Å². The first-order valence-corrected chi connectivity index (χ1v) is 6.58. The molecule has 0 spiro atoms. The highest BCUT2D eigenvalue weighted by molar-refractivity contribution is 5.92. The number of hydrogen-bond donors (Lipinski definition) is 1. The number of nitrogens with two attached hydrogens (primary N) is 1. The van der Waals surface area contributed by atoms with Gasteiger partial charge in [-0.25, -0.2) is 4.98 Å². The highest BCUT2D eigenvalue weighted by atomic mass is 16.5. The average Bonchev–Trinajstić information content (AvgIpc) is 2.53. The molecular weight excluding hydrogens is 266 g/mol. The average molecular weight is 281 g/mol. The number of ether oxygens (including phenoxy) is 1. The fourth-order valence-electron chi connectivity index (χ4n) is 2.40. The summed E-state index contributed by atoms with van der Waals surface area (Å²) in [5.41, 5.74) is 7.77. The lowest BCUT2D eigenvalue weighted by Crippen LogP contribution is -2.17. The zero-order chi connectivity index (χ0) is 14.8. The van der Waals surface area contributed by atoms with Crippen molar-refractivity contribution in [2.45, 2.75) is 6.42 Å². The molecule has 1 amide bonds. The number of para-hydroxylation sites is 1. The number of anilines is 2. The third-order valence-electron chi connectivity index (χ3n) is 3.41. The molecule has 5 nitrogen and oxygen atoms in total. The van der Waals surface area contributed by atoms with E-state index >= 15 is 0 Å². The van der Waals surface area contributed by atoms with Crippen LogP contribution in [0.3, 0.4) is 0 Å². The maximum absolute atomic E-state index is 11.1. The van der Waals surface area contributed by atoms with Crippen LogP contribution in [0.25, 0.3) is 0 Å². The largest absolute Gasteiger partial charge is 0.495 e. The number of amides is 1. The van der Waals surface area contributed by atoms with Crippen LogP contribution in [0.2, 0.25) is 0 Å². The Balaban J connectivity index is 2.06. The number of rotatable bonds is 3. The number of carbonyl (C=O) groups is 1. The van der Waals surface area contributed by atoms with E-state index in [1.54, 1.807) is 19.2 Å². The van der Waals surface area contributed by atoms with Gasteiger partial charge in [0, 0.05) is 12.4 Å². The summed E-state index contributed by atoms with van der Waals surface area (Å²) in [6.45, 7) is 0. The maximum atomic E-state index is 11.1. The van der Waals surface area contributed by atoms with Gasteiger partial charge < -0.3 is 10.5 Å². The van der Waals surface area contributed by atoms with Crippen molar-refractivity contribution in [3.63, 3.8) is 0 Å². The monoisotopic (exact) mass is 281 g/mol. The van der Waals surface area contributed by atoms with Gasteiger partial charge in [0.1, 0.15) is 11.6 Å². The molecule has 0 saturated heterocycles. The summed E-state index contributed by atoms with van der Waals surface area (Å²) < 4.78 is 5.45.